The van der Waals surface area contributed by atoms with Crippen LogP contribution in [0.25, 0.3) is 0 Å². The van der Waals surface area contributed by atoms with Crippen LogP contribution >= 0.6 is 0 Å². The first-order chi connectivity index (χ1) is 7.66. The minimum absolute atomic E-state index is 0.0708. The third kappa shape index (κ3) is 2.28. The average Bonchev–Trinajstić information content (AvgIpc) is 2.29. The summed E-state index contributed by atoms with van der Waals surface area (Å²) < 4.78 is 5.19. The Bertz CT molecular complexity index is 412. The maximum absolute atomic E-state index is 11.3. The molecule has 2 heterocycles. The number of H-pyrrole nitrogens is 1. The maximum Gasteiger partial charge on any atom is 0.351 e. The van der Waals surface area contributed by atoms with Crippen LogP contribution in [0, 0.1) is 0 Å². The summed E-state index contributed by atoms with van der Waals surface area (Å²) in [7, 11) is 1.38. The monoisotopic (exact) mass is 227 g/mol. The Morgan fingerprint density at radius 3 is 2.75 bits per heavy atom. The Balaban J connectivity index is 2.29. The molecule has 2 rings (SSSR count). The molecular formula is C8H13N5O3. The zero-order valence-electron chi connectivity index (χ0n) is 8.88. The fourth-order valence-corrected chi connectivity index (χ4v) is 1.42. The van der Waals surface area contributed by atoms with Crippen LogP contribution in [-0.2, 0) is 4.74 Å². The van der Waals surface area contributed by atoms with Crippen molar-refractivity contribution in [3.63, 3.8) is 0 Å². The second-order valence-electron chi connectivity index (χ2n) is 3.40. The van der Waals surface area contributed by atoms with E-state index in [4.69, 9.17) is 4.74 Å². The van der Waals surface area contributed by atoms with E-state index in [9.17, 15) is 10.0 Å². The SMILES string of the molecule is CN(O)c1nc(N2CCOCC2)nc(=O)[nH]1. The van der Waals surface area contributed by atoms with Crippen LogP contribution in [-0.4, -0.2) is 53.5 Å². The highest BCUT2D eigenvalue weighted by atomic mass is 16.5. The number of ether oxygens (including phenoxy) is 1. The Morgan fingerprint density at radius 1 is 1.44 bits per heavy atom. The van der Waals surface area contributed by atoms with Crippen molar-refractivity contribution < 1.29 is 9.94 Å². The molecule has 0 aromatic carbocycles. The summed E-state index contributed by atoms with van der Waals surface area (Å²) in [5, 5.41) is 9.94. The third-order valence-corrected chi connectivity index (χ3v) is 2.23. The Morgan fingerprint density at radius 2 is 2.12 bits per heavy atom. The minimum atomic E-state index is -0.535. The predicted molar refractivity (Wildman–Crippen MR) is 55.9 cm³/mol. The normalized spacial score (nSPS) is 16.2. The van der Waals surface area contributed by atoms with Gasteiger partial charge in [-0.25, -0.2) is 9.86 Å². The van der Waals surface area contributed by atoms with Crippen molar-refractivity contribution in [2.24, 2.45) is 0 Å². The zero-order chi connectivity index (χ0) is 11.5. The quantitative estimate of drug-likeness (QED) is 0.614. The summed E-state index contributed by atoms with van der Waals surface area (Å²) in [5.74, 6) is 0.379. The molecule has 0 amide bonds. The molecule has 0 radical (unpaired) electrons. The molecule has 0 unspecified atom stereocenters. The van der Waals surface area contributed by atoms with Crippen LogP contribution < -0.4 is 15.7 Å². The molecular weight excluding hydrogens is 214 g/mol. The number of aromatic amines is 1. The van der Waals surface area contributed by atoms with Gasteiger partial charge in [-0.3, -0.25) is 10.2 Å². The van der Waals surface area contributed by atoms with Gasteiger partial charge in [-0.15, -0.1) is 0 Å². The van der Waals surface area contributed by atoms with Gasteiger partial charge in [0.15, 0.2) is 0 Å². The largest absolute Gasteiger partial charge is 0.378 e. The number of morpholine rings is 1. The molecule has 8 nitrogen and oxygen atoms in total. The fraction of sp³-hybridized carbons (Fsp3) is 0.625. The molecule has 0 atom stereocenters. The summed E-state index contributed by atoms with van der Waals surface area (Å²) in [5.41, 5.74) is -0.535. The number of nitrogens with zero attached hydrogens (tertiary/aromatic N) is 4. The summed E-state index contributed by atoms with van der Waals surface area (Å²) in [6, 6.07) is 0. The second-order valence-corrected chi connectivity index (χ2v) is 3.40. The first kappa shape index (κ1) is 10.8. The lowest BCUT2D eigenvalue weighted by Gasteiger charge is -2.26. The number of aromatic nitrogens is 3. The van der Waals surface area contributed by atoms with Gasteiger partial charge in [-0.05, 0) is 0 Å². The van der Waals surface area contributed by atoms with Crippen molar-refractivity contribution in [3.05, 3.63) is 10.5 Å². The average molecular weight is 227 g/mol. The summed E-state index contributed by atoms with van der Waals surface area (Å²) in [4.78, 5) is 23.2. The van der Waals surface area contributed by atoms with E-state index < -0.39 is 5.69 Å². The van der Waals surface area contributed by atoms with Gasteiger partial charge in [-0.2, -0.15) is 9.97 Å². The zero-order valence-corrected chi connectivity index (χ0v) is 8.88. The van der Waals surface area contributed by atoms with Crippen LogP contribution in [0.15, 0.2) is 4.79 Å². The van der Waals surface area contributed by atoms with Gasteiger partial charge in [-0.1, -0.05) is 0 Å². The van der Waals surface area contributed by atoms with Crippen LogP contribution in [0.4, 0.5) is 11.9 Å². The van der Waals surface area contributed by atoms with Gasteiger partial charge in [0, 0.05) is 20.1 Å². The highest BCUT2D eigenvalue weighted by molar-refractivity contribution is 5.35. The highest BCUT2D eigenvalue weighted by Crippen LogP contribution is 2.09. The van der Waals surface area contributed by atoms with Crippen molar-refractivity contribution in [2.45, 2.75) is 0 Å². The number of hydrogen-bond acceptors (Lipinski definition) is 7. The Kier molecular flexibility index (Phi) is 3.02. The third-order valence-electron chi connectivity index (χ3n) is 2.23. The standard InChI is InChI=1S/C8H13N5O3/c1-12(15)6-9-7(11-8(14)10-6)13-2-4-16-5-3-13/h15H,2-5H2,1H3,(H,9,10,11,14). The molecule has 1 aliphatic heterocycles. The van der Waals surface area contributed by atoms with E-state index in [1.54, 1.807) is 0 Å². The number of hydroxylamine groups is 1. The van der Waals surface area contributed by atoms with Gasteiger partial charge in [0.05, 0.1) is 13.2 Å². The molecule has 88 valence electrons. The van der Waals surface area contributed by atoms with E-state index in [0.29, 0.717) is 32.3 Å². The van der Waals surface area contributed by atoms with Crippen LogP contribution in [0.2, 0.25) is 0 Å². The molecule has 8 heteroatoms. The number of nitrogens with one attached hydrogen (secondary N) is 1. The highest BCUT2D eigenvalue weighted by Gasteiger charge is 2.15. The lowest BCUT2D eigenvalue weighted by Crippen LogP contribution is -2.39. The van der Waals surface area contributed by atoms with E-state index in [1.807, 2.05) is 4.90 Å². The fourth-order valence-electron chi connectivity index (χ4n) is 1.42. The van der Waals surface area contributed by atoms with E-state index in [-0.39, 0.29) is 5.95 Å². The minimum Gasteiger partial charge on any atom is -0.378 e. The molecule has 0 saturated carbocycles. The van der Waals surface area contributed by atoms with Crippen molar-refractivity contribution in [2.75, 3.05) is 43.3 Å². The second kappa shape index (κ2) is 4.45. The van der Waals surface area contributed by atoms with Crippen LogP contribution in [0.1, 0.15) is 0 Å². The molecule has 1 saturated heterocycles. The van der Waals surface area contributed by atoms with Crippen LogP contribution in [0.3, 0.4) is 0 Å². The smallest absolute Gasteiger partial charge is 0.351 e. The molecule has 0 bridgehead atoms. The van der Waals surface area contributed by atoms with Crippen molar-refractivity contribution in [1.82, 2.24) is 15.0 Å². The summed E-state index contributed by atoms with van der Waals surface area (Å²) >= 11 is 0. The van der Waals surface area contributed by atoms with E-state index in [2.05, 4.69) is 15.0 Å². The number of anilines is 2. The lowest BCUT2D eigenvalue weighted by molar-refractivity contribution is 0.122. The van der Waals surface area contributed by atoms with Crippen molar-refractivity contribution in [3.8, 4) is 0 Å². The number of hydrogen-bond donors (Lipinski definition) is 2. The first-order valence-electron chi connectivity index (χ1n) is 4.90. The topological polar surface area (TPSA) is 94.6 Å². The van der Waals surface area contributed by atoms with Crippen LogP contribution in [0.5, 0.6) is 0 Å². The van der Waals surface area contributed by atoms with Gasteiger partial charge < -0.3 is 9.64 Å². The van der Waals surface area contributed by atoms with E-state index in [0.717, 1.165) is 5.06 Å². The summed E-state index contributed by atoms with van der Waals surface area (Å²) in [6.07, 6.45) is 0. The van der Waals surface area contributed by atoms with Gasteiger partial charge in [0.2, 0.25) is 11.9 Å². The maximum atomic E-state index is 11.3. The molecule has 2 N–H and O–H groups in total. The molecule has 0 aliphatic carbocycles. The Labute approximate surface area is 91.5 Å². The number of rotatable bonds is 2. The molecule has 0 spiro atoms. The van der Waals surface area contributed by atoms with E-state index >= 15 is 0 Å². The lowest BCUT2D eigenvalue weighted by atomic mass is 10.4. The molecule has 1 aromatic heterocycles. The van der Waals surface area contributed by atoms with Gasteiger partial charge in [0.25, 0.3) is 0 Å². The molecule has 16 heavy (non-hydrogen) atoms. The van der Waals surface area contributed by atoms with Crippen molar-refractivity contribution >= 4 is 11.9 Å². The molecule has 1 aliphatic rings. The van der Waals surface area contributed by atoms with Crippen molar-refractivity contribution in [1.29, 1.82) is 0 Å². The first-order valence-corrected chi connectivity index (χ1v) is 4.90. The van der Waals surface area contributed by atoms with Gasteiger partial charge >= 0.3 is 5.69 Å². The van der Waals surface area contributed by atoms with Gasteiger partial charge in [0.1, 0.15) is 0 Å². The molecule has 1 fully saturated rings. The molecule has 1 aromatic rings. The summed E-state index contributed by atoms with van der Waals surface area (Å²) in [6.45, 7) is 2.44. The predicted octanol–water partition coefficient (Wildman–Crippen LogP) is -1.17. The Hall–Kier alpha value is -1.67. The van der Waals surface area contributed by atoms with E-state index in [1.165, 1.54) is 7.05 Å².